The minimum absolute atomic E-state index is 0.0348. The van der Waals surface area contributed by atoms with Gasteiger partial charge in [0, 0.05) is 6.54 Å². The van der Waals surface area contributed by atoms with Gasteiger partial charge in [-0.2, -0.15) is 4.31 Å². The predicted molar refractivity (Wildman–Crippen MR) is 81.2 cm³/mol. The number of aliphatic carboxylic acids is 1. The van der Waals surface area contributed by atoms with Crippen LogP contribution in [0.25, 0.3) is 0 Å². The first-order chi connectivity index (χ1) is 10.8. The second-order valence-corrected chi connectivity index (χ2v) is 7.42. The van der Waals surface area contributed by atoms with Gasteiger partial charge < -0.3 is 9.84 Å². The molecule has 0 unspecified atom stereocenters. The minimum Gasteiger partial charge on any atom is -0.480 e. The summed E-state index contributed by atoms with van der Waals surface area (Å²) in [7, 11) is -2.70. The lowest BCUT2D eigenvalue weighted by Crippen LogP contribution is -2.51. The van der Waals surface area contributed by atoms with Crippen molar-refractivity contribution in [1.82, 2.24) is 4.31 Å². The molecule has 8 heteroatoms. The number of nitrogens with zero attached hydrogens (tertiary/aromatic N) is 1. The molecular weight excluding hydrogens is 322 g/mol. The average molecular weight is 341 g/mol. The quantitative estimate of drug-likeness (QED) is 0.821. The molecule has 126 valence electrons. The molecule has 0 amide bonds. The van der Waals surface area contributed by atoms with E-state index >= 15 is 0 Å². The third-order valence-corrected chi connectivity index (χ3v) is 5.92. The molecule has 1 aliphatic heterocycles. The normalized spacial score (nSPS) is 22.5. The molecule has 1 aromatic carbocycles. The van der Waals surface area contributed by atoms with Crippen molar-refractivity contribution in [1.29, 1.82) is 0 Å². The molecule has 1 heterocycles. The van der Waals surface area contributed by atoms with Gasteiger partial charge in [0.2, 0.25) is 10.0 Å². The molecule has 1 fully saturated rings. The van der Waals surface area contributed by atoms with Crippen molar-refractivity contribution >= 4 is 22.0 Å². The first-order valence-electron chi connectivity index (χ1n) is 7.16. The van der Waals surface area contributed by atoms with Crippen LogP contribution in [0.2, 0.25) is 0 Å². The number of sulfonamides is 1. The molecule has 23 heavy (non-hydrogen) atoms. The number of piperidine rings is 1. The average Bonchev–Trinajstić information content (AvgIpc) is 2.53. The summed E-state index contributed by atoms with van der Waals surface area (Å²) < 4.78 is 31.0. The van der Waals surface area contributed by atoms with E-state index in [-0.39, 0.29) is 24.3 Å². The van der Waals surface area contributed by atoms with Gasteiger partial charge in [0.05, 0.1) is 17.9 Å². The van der Waals surface area contributed by atoms with E-state index in [1.54, 1.807) is 12.1 Å². The number of carboxylic acid groups (broad SMARTS) is 1. The highest BCUT2D eigenvalue weighted by atomic mass is 32.2. The Hall–Kier alpha value is -1.93. The highest BCUT2D eigenvalue weighted by molar-refractivity contribution is 7.89. The number of aryl methyl sites for hydroxylation is 1. The van der Waals surface area contributed by atoms with E-state index in [9.17, 15) is 23.1 Å². The maximum absolute atomic E-state index is 12.7. The Kier molecular flexibility index (Phi) is 5.06. The first-order valence-corrected chi connectivity index (χ1v) is 8.60. The fourth-order valence-electron chi connectivity index (χ4n) is 2.68. The molecule has 7 nitrogen and oxygen atoms in total. The number of hydrogen-bond acceptors (Lipinski definition) is 5. The predicted octanol–water partition coefficient (Wildman–Crippen LogP) is 1.02. The third kappa shape index (κ3) is 3.53. The third-order valence-electron chi connectivity index (χ3n) is 4.00. The van der Waals surface area contributed by atoms with Crippen molar-refractivity contribution in [2.75, 3.05) is 13.7 Å². The molecule has 0 radical (unpaired) electrons. The van der Waals surface area contributed by atoms with E-state index in [1.807, 2.05) is 6.92 Å². The molecule has 0 aliphatic carbocycles. The smallest absolute Gasteiger partial charge is 0.322 e. The molecule has 0 bridgehead atoms. The van der Waals surface area contributed by atoms with Gasteiger partial charge in [-0.25, -0.2) is 8.42 Å². The van der Waals surface area contributed by atoms with Crippen molar-refractivity contribution in [2.45, 2.75) is 30.7 Å². The second kappa shape index (κ2) is 6.67. The molecule has 2 atom stereocenters. The fraction of sp³-hybridized carbons (Fsp3) is 0.467. The second-order valence-electron chi connectivity index (χ2n) is 5.53. The van der Waals surface area contributed by atoms with Crippen LogP contribution in [0.1, 0.15) is 18.4 Å². The van der Waals surface area contributed by atoms with Crippen LogP contribution in [0.5, 0.6) is 0 Å². The number of esters is 1. The molecule has 1 N–H and O–H groups in total. The number of rotatable bonds is 4. The highest BCUT2D eigenvalue weighted by Crippen LogP contribution is 2.29. The summed E-state index contributed by atoms with van der Waals surface area (Å²) in [4.78, 5) is 23.2. The van der Waals surface area contributed by atoms with Crippen LogP contribution in [-0.2, 0) is 24.3 Å². The summed E-state index contributed by atoms with van der Waals surface area (Å²) in [6.07, 6.45) is 0.147. The Bertz CT molecular complexity index is 697. The van der Waals surface area contributed by atoms with Crippen molar-refractivity contribution in [2.24, 2.45) is 5.92 Å². The van der Waals surface area contributed by atoms with Gasteiger partial charge in [0.1, 0.15) is 6.04 Å². The van der Waals surface area contributed by atoms with Crippen molar-refractivity contribution in [3.8, 4) is 0 Å². The van der Waals surface area contributed by atoms with Gasteiger partial charge >= 0.3 is 11.9 Å². The Morgan fingerprint density at radius 2 is 1.87 bits per heavy atom. The highest BCUT2D eigenvalue weighted by Gasteiger charge is 2.42. The maximum Gasteiger partial charge on any atom is 0.322 e. The summed E-state index contributed by atoms with van der Waals surface area (Å²) in [5.41, 5.74) is 0.906. The van der Waals surface area contributed by atoms with E-state index in [2.05, 4.69) is 4.74 Å². The Labute approximate surface area is 134 Å². The van der Waals surface area contributed by atoms with Crippen LogP contribution in [0, 0.1) is 12.8 Å². The number of carboxylic acids is 1. The molecule has 2 rings (SSSR count). The van der Waals surface area contributed by atoms with Gasteiger partial charge in [0.25, 0.3) is 0 Å². The summed E-state index contributed by atoms with van der Waals surface area (Å²) in [5, 5.41) is 9.38. The van der Waals surface area contributed by atoms with Crippen LogP contribution < -0.4 is 0 Å². The van der Waals surface area contributed by atoms with Gasteiger partial charge in [0.15, 0.2) is 0 Å². The first kappa shape index (κ1) is 17.4. The number of benzene rings is 1. The Morgan fingerprint density at radius 3 is 2.39 bits per heavy atom. The van der Waals surface area contributed by atoms with E-state index < -0.39 is 33.9 Å². The molecule has 1 aliphatic rings. The van der Waals surface area contributed by atoms with Crippen LogP contribution in [0.3, 0.4) is 0 Å². The lowest BCUT2D eigenvalue weighted by Gasteiger charge is -2.35. The molecule has 1 saturated heterocycles. The minimum atomic E-state index is -3.93. The number of carbonyl (C=O) groups is 2. The Morgan fingerprint density at radius 1 is 1.26 bits per heavy atom. The zero-order valence-electron chi connectivity index (χ0n) is 12.9. The van der Waals surface area contributed by atoms with Gasteiger partial charge in [-0.3, -0.25) is 9.59 Å². The molecule has 1 aromatic rings. The number of hydrogen-bond donors (Lipinski definition) is 1. The monoisotopic (exact) mass is 341 g/mol. The molecule has 0 saturated carbocycles. The van der Waals surface area contributed by atoms with E-state index in [1.165, 1.54) is 19.2 Å². The summed E-state index contributed by atoms with van der Waals surface area (Å²) in [5.74, 6) is -2.39. The van der Waals surface area contributed by atoms with Crippen LogP contribution in [-0.4, -0.2) is 49.5 Å². The summed E-state index contributed by atoms with van der Waals surface area (Å²) in [6.45, 7) is 1.80. The lowest BCUT2D eigenvalue weighted by atomic mass is 9.92. The zero-order valence-corrected chi connectivity index (χ0v) is 13.7. The van der Waals surface area contributed by atoms with Crippen molar-refractivity contribution in [3.63, 3.8) is 0 Å². The molecule has 0 spiro atoms. The number of carbonyl (C=O) groups excluding carboxylic acids is 1. The Balaban J connectivity index is 2.32. The topological polar surface area (TPSA) is 101 Å². The maximum atomic E-state index is 12.7. The SMILES string of the molecule is COC(=O)[C@H]1CCN(S(=O)(=O)c2ccc(C)cc2)[C@H](C(=O)O)C1. The summed E-state index contributed by atoms with van der Waals surface area (Å²) in [6, 6.07) is 4.94. The van der Waals surface area contributed by atoms with E-state index in [4.69, 9.17) is 0 Å². The van der Waals surface area contributed by atoms with E-state index in [0.29, 0.717) is 0 Å². The van der Waals surface area contributed by atoms with Crippen LogP contribution in [0.15, 0.2) is 29.2 Å². The number of ether oxygens (including phenoxy) is 1. The van der Waals surface area contributed by atoms with Gasteiger partial charge in [-0.05, 0) is 31.9 Å². The van der Waals surface area contributed by atoms with Crippen molar-refractivity contribution in [3.05, 3.63) is 29.8 Å². The van der Waals surface area contributed by atoms with Gasteiger partial charge in [-0.15, -0.1) is 0 Å². The zero-order chi connectivity index (χ0) is 17.2. The largest absolute Gasteiger partial charge is 0.480 e. The van der Waals surface area contributed by atoms with Crippen LogP contribution >= 0.6 is 0 Å². The van der Waals surface area contributed by atoms with Crippen LogP contribution in [0.4, 0.5) is 0 Å². The van der Waals surface area contributed by atoms with Gasteiger partial charge in [-0.1, -0.05) is 17.7 Å². The fourth-order valence-corrected chi connectivity index (χ4v) is 4.29. The standard InChI is InChI=1S/C15H19NO6S/c1-10-3-5-12(6-4-10)23(20,21)16-8-7-11(15(19)22-2)9-13(16)14(17)18/h3-6,11,13H,7-9H2,1-2H3,(H,17,18)/t11-,13-/m0/s1. The number of methoxy groups -OCH3 is 1. The lowest BCUT2D eigenvalue weighted by molar-refractivity contribution is -0.150. The molecule has 0 aromatic heterocycles. The molecular formula is C15H19NO6S. The van der Waals surface area contributed by atoms with Crippen molar-refractivity contribution < 1.29 is 27.9 Å². The summed E-state index contributed by atoms with van der Waals surface area (Å²) >= 11 is 0. The van der Waals surface area contributed by atoms with E-state index in [0.717, 1.165) is 9.87 Å².